The Morgan fingerprint density at radius 3 is 2.65 bits per heavy atom. The van der Waals surface area contributed by atoms with E-state index in [4.69, 9.17) is 9.47 Å². The van der Waals surface area contributed by atoms with Crippen molar-refractivity contribution in [2.24, 2.45) is 0 Å². The van der Waals surface area contributed by atoms with Crippen LogP contribution in [-0.4, -0.2) is 75.1 Å². The van der Waals surface area contributed by atoms with Gasteiger partial charge in [-0.3, -0.25) is 0 Å². The van der Waals surface area contributed by atoms with E-state index in [0.29, 0.717) is 26.1 Å². The van der Waals surface area contributed by atoms with Crippen molar-refractivity contribution in [2.45, 2.75) is 12.2 Å². The van der Waals surface area contributed by atoms with Crippen LogP contribution in [0.3, 0.4) is 0 Å². The standard InChI is InChI=1S/C16H22FN3O5S/c1-26(22,23)20-7-4-9-24-16(12-20)11-19(8-10-25-16)15(21)18-14-6-3-2-5-13(14)17/h2-3,5-6H,4,7-12H2,1H3,(H,18,21). The molecule has 0 aliphatic carbocycles. The second kappa shape index (κ2) is 7.47. The molecule has 144 valence electrons. The molecule has 2 heterocycles. The second-order valence-electron chi connectivity index (χ2n) is 6.39. The summed E-state index contributed by atoms with van der Waals surface area (Å²) in [6.07, 6.45) is 1.68. The van der Waals surface area contributed by atoms with Gasteiger partial charge in [-0.05, 0) is 18.6 Å². The number of nitrogens with one attached hydrogen (secondary N) is 1. The molecule has 26 heavy (non-hydrogen) atoms. The van der Waals surface area contributed by atoms with Gasteiger partial charge in [0.25, 0.3) is 0 Å². The van der Waals surface area contributed by atoms with E-state index in [2.05, 4.69) is 5.32 Å². The van der Waals surface area contributed by atoms with Gasteiger partial charge in [-0.1, -0.05) is 12.1 Å². The third-order valence-electron chi connectivity index (χ3n) is 4.36. The molecule has 0 bridgehead atoms. The van der Waals surface area contributed by atoms with Gasteiger partial charge in [-0.15, -0.1) is 0 Å². The average Bonchev–Trinajstić information content (AvgIpc) is 2.79. The van der Waals surface area contributed by atoms with Crippen LogP contribution in [0.2, 0.25) is 0 Å². The molecule has 0 saturated carbocycles. The summed E-state index contributed by atoms with van der Waals surface area (Å²) in [4.78, 5) is 14.0. The highest BCUT2D eigenvalue weighted by molar-refractivity contribution is 7.88. The molecule has 3 rings (SSSR count). The lowest BCUT2D eigenvalue weighted by atomic mass is 10.2. The maximum Gasteiger partial charge on any atom is 0.322 e. The smallest absolute Gasteiger partial charge is 0.322 e. The van der Waals surface area contributed by atoms with E-state index in [9.17, 15) is 17.6 Å². The van der Waals surface area contributed by atoms with Crippen LogP contribution in [0.4, 0.5) is 14.9 Å². The predicted molar refractivity (Wildman–Crippen MR) is 92.7 cm³/mol. The van der Waals surface area contributed by atoms with E-state index in [0.717, 1.165) is 6.26 Å². The quantitative estimate of drug-likeness (QED) is 0.820. The molecule has 2 aliphatic heterocycles. The van der Waals surface area contributed by atoms with E-state index in [1.165, 1.54) is 27.4 Å². The Labute approximate surface area is 151 Å². The fourth-order valence-corrected chi connectivity index (χ4v) is 3.94. The number of urea groups is 1. The molecule has 2 fully saturated rings. The number of anilines is 1. The van der Waals surface area contributed by atoms with Crippen molar-refractivity contribution in [1.29, 1.82) is 0 Å². The zero-order chi connectivity index (χ0) is 18.8. The summed E-state index contributed by atoms with van der Waals surface area (Å²) in [6.45, 7) is 1.22. The molecule has 0 radical (unpaired) electrons. The molecule has 1 atom stereocenters. The molecule has 1 unspecified atom stereocenters. The summed E-state index contributed by atoms with van der Waals surface area (Å²) >= 11 is 0. The number of carbonyl (C=O) groups is 1. The highest BCUT2D eigenvalue weighted by Crippen LogP contribution is 2.26. The molecule has 1 aromatic rings. The van der Waals surface area contributed by atoms with Gasteiger partial charge in [0.2, 0.25) is 10.0 Å². The lowest BCUT2D eigenvalue weighted by Crippen LogP contribution is -2.60. The van der Waals surface area contributed by atoms with Crippen molar-refractivity contribution in [3.8, 4) is 0 Å². The Morgan fingerprint density at radius 2 is 1.92 bits per heavy atom. The van der Waals surface area contributed by atoms with Gasteiger partial charge in [-0.2, -0.15) is 4.31 Å². The summed E-state index contributed by atoms with van der Waals surface area (Å²) in [5.41, 5.74) is 0.0811. The Balaban J connectivity index is 1.73. The minimum Gasteiger partial charge on any atom is -0.347 e. The summed E-state index contributed by atoms with van der Waals surface area (Å²) in [6, 6.07) is 5.40. The number of benzene rings is 1. The second-order valence-corrected chi connectivity index (χ2v) is 8.37. The number of hydrogen-bond acceptors (Lipinski definition) is 5. The van der Waals surface area contributed by atoms with Crippen LogP contribution in [0.5, 0.6) is 0 Å². The number of morpholine rings is 1. The van der Waals surface area contributed by atoms with Crippen LogP contribution in [0.15, 0.2) is 24.3 Å². The third kappa shape index (κ3) is 4.32. The zero-order valence-corrected chi connectivity index (χ0v) is 15.3. The largest absolute Gasteiger partial charge is 0.347 e. The average molecular weight is 387 g/mol. The zero-order valence-electron chi connectivity index (χ0n) is 14.5. The molecule has 1 spiro atoms. The van der Waals surface area contributed by atoms with Crippen molar-refractivity contribution < 1.29 is 27.1 Å². The normalized spacial score (nSPS) is 25.1. The van der Waals surface area contributed by atoms with Crippen LogP contribution < -0.4 is 5.32 Å². The molecule has 1 aromatic carbocycles. The SMILES string of the molecule is CS(=O)(=O)N1CCCOC2(CN(C(=O)Nc3ccccc3F)CCO2)C1. The van der Waals surface area contributed by atoms with Crippen LogP contribution >= 0.6 is 0 Å². The lowest BCUT2D eigenvalue weighted by Gasteiger charge is -2.42. The van der Waals surface area contributed by atoms with E-state index in [1.807, 2.05) is 0 Å². The van der Waals surface area contributed by atoms with Crippen molar-refractivity contribution in [2.75, 3.05) is 51.0 Å². The predicted octanol–water partition coefficient (Wildman–Crippen LogP) is 1.07. The first kappa shape index (κ1) is 19.0. The molecule has 0 aromatic heterocycles. The fraction of sp³-hybridized carbons (Fsp3) is 0.562. The van der Waals surface area contributed by atoms with Gasteiger partial charge in [-0.25, -0.2) is 17.6 Å². The first-order chi connectivity index (χ1) is 12.3. The number of sulfonamides is 1. The number of amides is 2. The molecule has 2 aliphatic rings. The van der Waals surface area contributed by atoms with Crippen molar-refractivity contribution in [1.82, 2.24) is 9.21 Å². The summed E-state index contributed by atoms with van der Waals surface area (Å²) in [7, 11) is -3.41. The van der Waals surface area contributed by atoms with Crippen molar-refractivity contribution in [3.63, 3.8) is 0 Å². The van der Waals surface area contributed by atoms with Gasteiger partial charge in [0.15, 0.2) is 5.79 Å². The number of hydrogen-bond donors (Lipinski definition) is 1. The third-order valence-corrected chi connectivity index (χ3v) is 5.61. The maximum atomic E-state index is 13.7. The highest BCUT2D eigenvalue weighted by atomic mass is 32.2. The van der Waals surface area contributed by atoms with Gasteiger partial charge in [0.05, 0.1) is 38.2 Å². The Hall–Kier alpha value is -1.75. The molecular weight excluding hydrogens is 365 g/mol. The summed E-state index contributed by atoms with van der Waals surface area (Å²) in [5, 5.41) is 2.53. The minimum atomic E-state index is -3.41. The number of ether oxygens (including phenoxy) is 2. The van der Waals surface area contributed by atoms with Crippen molar-refractivity contribution in [3.05, 3.63) is 30.1 Å². The van der Waals surface area contributed by atoms with Crippen molar-refractivity contribution >= 4 is 21.7 Å². The van der Waals surface area contributed by atoms with Gasteiger partial charge >= 0.3 is 6.03 Å². The van der Waals surface area contributed by atoms with Gasteiger partial charge in [0, 0.05) is 13.1 Å². The fourth-order valence-electron chi connectivity index (χ4n) is 3.05. The molecule has 2 amide bonds. The number of para-hydroxylation sites is 1. The Morgan fingerprint density at radius 1 is 1.19 bits per heavy atom. The van der Waals surface area contributed by atoms with Gasteiger partial charge < -0.3 is 19.7 Å². The van der Waals surface area contributed by atoms with E-state index >= 15 is 0 Å². The van der Waals surface area contributed by atoms with Gasteiger partial charge in [0.1, 0.15) is 5.82 Å². The summed E-state index contributed by atoms with van der Waals surface area (Å²) < 4.78 is 50.5. The molecule has 1 N–H and O–H groups in total. The molecular formula is C16H22FN3O5S. The molecule has 2 saturated heterocycles. The Bertz CT molecular complexity index is 775. The first-order valence-electron chi connectivity index (χ1n) is 8.33. The first-order valence-corrected chi connectivity index (χ1v) is 10.2. The summed E-state index contributed by atoms with van der Waals surface area (Å²) in [5.74, 6) is -1.75. The van der Waals surface area contributed by atoms with Crippen LogP contribution in [0, 0.1) is 5.82 Å². The van der Waals surface area contributed by atoms with Crippen LogP contribution in [0.1, 0.15) is 6.42 Å². The Kier molecular flexibility index (Phi) is 5.47. The number of nitrogens with zero attached hydrogens (tertiary/aromatic N) is 2. The van der Waals surface area contributed by atoms with Crippen LogP contribution in [-0.2, 0) is 19.5 Å². The topological polar surface area (TPSA) is 88.2 Å². The minimum absolute atomic E-state index is 0.00924. The monoisotopic (exact) mass is 387 g/mol. The maximum absolute atomic E-state index is 13.7. The lowest BCUT2D eigenvalue weighted by molar-refractivity contribution is -0.257. The number of halogens is 1. The molecule has 8 nitrogen and oxygen atoms in total. The number of rotatable bonds is 2. The number of carbonyl (C=O) groups excluding carboxylic acids is 1. The van der Waals surface area contributed by atoms with E-state index < -0.39 is 27.7 Å². The van der Waals surface area contributed by atoms with E-state index in [1.54, 1.807) is 6.07 Å². The van der Waals surface area contributed by atoms with E-state index in [-0.39, 0.29) is 25.4 Å². The highest BCUT2D eigenvalue weighted by Gasteiger charge is 2.44. The molecule has 10 heteroatoms. The van der Waals surface area contributed by atoms with Crippen LogP contribution in [0.25, 0.3) is 0 Å².